The SMILES string of the molecule is CN(C(=O)C1COc2ccccc2O1)C1CCCNCC1.Cl. The van der Waals surface area contributed by atoms with Crippen LogP contribution < -0.4 is 14.8 Å². The van der Waals surface area contributed by atoms with Gasteiger partial charge in [0.25, 0.3) is 5.91 Å². The normalized spacial score (nSPS) is 23.9. The van der Waals surface area contributed by atoms with Crippen LogP contribution in [0.1, 0.15) is 19.3 Å². The molecule has 2 aliphatic heterocycles. The van der Waals surface area contributed by atoms with Crippen molar-refractivity contribution in [1.82, 2.24) is 10.2 Å². The van der Waals surface area contributed by atoms with Gasteiger partial charge in [0.1, 0.15) is 6.61 Å². The van der Waals surface area contributed by atoms with Gasteiger partial charge in [-0.1, -0.05) is 12.1 Å². The Morgan fingerprint density at radius 2 is 2.00 bits per heavy atom. The van der Waals surface area contributed by atoms with E-state index in [0.717, 1.165) is 32.4 Å². The fourth-order valence-electron chi connectivity index (χ4n) is 2.94. The number of carbonyl (C=O) groups excluding carboxylic acids is 1. The molecule has 0 aromatic heterocycles. The summed E-state index contributed by atoms with van der Waals surface area (Å²) in [6, 6.07) is 7.76. The Morgan fingerprint density at radius 3 is 2.82 bits per heavy atom. The van der Waals surface area contributed by atoms with E-state index >= 15 is 0 Å². The Bertz CT molecular complexity index is 504. The van der Waals surface area contributed by atoms with Crippen LogP contribution in [0.5, 0.6) is 11.5 Å². The zero-order valence-electron chi connectivity index (χ0n) is 12.8. The predicted octanol–water partition coefficient (Wildman–Crippen LogP) is 1.85. The van der Waals surface area contributed by atoms with E-state index in [-0.39, 0.29) is 31.0 Å². The van der Waals surface area contributed by atoms with Gasteiger partial charge in [-0.15, -0.1) is 12.4 Å². The lowest BCUT2D eigenvalue weighted by molar-refractivity contribution is -0.142. The number of benzene rings is 1. The number of nitrogens with zero attached hydrogens (tertiary/aromatic N) is 1. The summed E-state index contributed by atoms with van der Waals surface area (Å²) in [6.07, 6.45) is 2.60. The van der Waals surface area contributed by atoms with Crippen molar-refractivity contribution in [3.63, 3.8) is 0 Å². The monoisotopic (exact) mass is 326 g/mol. The second kappa shape index (κ2) is 7.70. The van der Waals surface area contributed by atoms with E-state index in [1.54, 1.807) is 0 Å². The number of hydrogen-bond donors (Lipinski definition) is 1. The Morgan fingerprint density at radius 1 is 1.23 bits per heavy atom. The van der Waals surface area contributed by atoms with Crippen molar-refractivity contribution >= 4 is 18.3 Å². The molecular weight excluding hydrogens is 304 g/mol. The molecule has 1 aromatic carbocycles. The number of fused-ring (bicyclic) bond motifs is 1. The molecule has 1 fully saturated rings. The topological polar surface area (TPSA) is 50.8 Å². The molecule has 1 N–H and O–H groups in total. The molecule has 2 heterocycles. The Hall–Kier alpha value is -1.46. The van der Waals surface area contributed by atoms with Crippen LogP contribution in [0.3, 0.4) is 0 Å². The summed E-state index contributed by atoms with van der Waals surface area (Å²) in [5.74, 6) is 1.37. The van der Waals surface area contributed by atoms with Crippen molar-refractivity contribution in [2.45, 2.75) is 31.4 Å². The summed E-state index contributed by atoms with van der Waals surface area (Å²) >= 11 is 0. The number of likely N-dealkylation sites (N-methyl/N-ethyl adjacent to an activating group) is 1. The summed E-state index contributed by atoms with van der Waals surface area (Å²) in [7, 11) is 1.88. The summed E-state index contributed by atoms with van der Waals surface area (Å²) in [5, 5.41) is 3.37. The van der Waals surface area contributed by atoms with Crippen LogP contribution in [0, 0.1) is 0 Å². The third-order valence-electron chi connectivity index (χ3n) is 4.22. The van der Waals surface area contributed by atoms with Crippen molar-refractivity contribution in [2.75, 3.05) is 26.7 Å². The Labute approximate surface area is 137 Å². The lowest BCUT2D eigenvalue weighted by Gasteiger charge is -2.32. The van der Waals surface area contributed by atoms with Gasteiger partial charge < -0.3 is 19.7 Å². The molecule has 6 heteroatoms. The van der Waals surface area contributed by atoms with Gasteiger partial charge in [0.2, 0.25) is 6.10 Å². The third-order valence-corrected chi connectivity index (χ3v) is 4.22. The van der Waals surface area contributed by atoms with Crippen LogP contribution in [0.15, 0.2) is 24.3 Å². The number of para-hydroxylation sites is 2. The number of amides is 1. The largest absolute Gasteiger partial charge is 0.485 e. The predicted molar refractivity (Wildman–Crippen MR) is 86.9 cm³/mol. The first-order valence-corrected chi connectivity index (χ1v) is 7.61. The molecule has 0 aliphatic carbocycles. The van der Waals surface area contributed by atoms with Crippen LogP contribution in [-0.2, 0) is 4.79 Å². The molecule has 2 unspecified atom stereocenters. The molecule has 2 aliphatic rings. The van der Waals surface area contributed by atoms with Crippen molar-refractivity contribution in [3.8, 4) is 11.5 Å². The highest BCUT2D eigenvalue weighted by molar-refractivity contribution is 5.85. The molecule has 22 heavy (non-hydrogen) atoms. The van der Waals surface area contributed by atoms with Crippen LogP contribution in [-0.4, -0.2) is 49.7 Å². The van der Waals surface area contributed by atoms with E-state index < -0.39 is 6.10 Å². The zero-order chi connectivity index (χ0) is 14.7. The molecule has 1 aromatic rings. The second-order valence-corrected chi connectivity index (χ2v) is 5.65. The maximum atomic E-state index is 12.6. The molecule has 2 atom stereocenters. The maximum absolute atomic E-state index is 12.6. The van der Waals surface area contributed by atoms with E-state index in [0.29, 0.717) is 11.5 Å². The number of ether oxygens (including phenoxy) is 2. The zero-order valence-corrected chi connectivity index (χ0v) is 13.6. The number of hydrogen-bond acceptors (Lipinski definition) is 4. The van der Waals surface area contributed by atoms with Crippen molar-refractivity contribution in [3.05, 3.63) is 24.3 Å². The molecule has 1 saturated heterocycles. The molecule has 3 rings (SSSR count). The first-order chi connectivity index (χ1) is 10.3. The highest BCUT2D eigenvalue weighted by atomic mass is 35.5. The first kappa shape index (κ1) is 16.9. The number of nitrogens with one attached hydrogen (secondary N) is 1. The summed E-state index contributed by atoms with van der Waals surface area (Å²) < 4.78 is 11.4. The minimum atomic E-state index is -0.541. The Kier molecular flexibility index (Phi) is 5.91. The van der Waals surface area contributed by atoms with Crippen molar-refractivity contribution in [1.29, 1.82) is 0 Å². The molecule has 0 saturated carbocycles. The van der Waals surface area contributed by atoms with E-state index in [4.69, 9.17) is 9.47 Å². The van der Waals surface area contributed by atoms with Gasteiger partial charge in [0.05, 0.1) is 0 Å². The van der Waals surface area contributed by atoms with Gasteiger partial charge in [-0.05, 0) is 44.5 Å². The van der Waals surface area contributed by atoms with Gasteiger partial charge in [-0.3, -0.25) is 4.79 Å². The summed E-state index contributed by atoms with van der Waals surface area (Å²) in [5.41, 5.74) is 0. The number of rotatable bonds is 2. The Balaban J connectivity index is 0.00000176. The van der Waals surface area contributed by atoms with E-state index in [2.05, 4.69) is 5.32 Å². The lowest BCUT2D eigenvalue weighted by atomic mass is 10.1. The van der Waals surface area contributed by atoms with Crippen LogP contribution in [0.25, 0.3) is 0 Å². The van der Waals surface area contributed by atoms with E-state index in [9.17, 15) is 4.79 Å². The maximum Gasteiger partial charge on any atom is 0.267 e. The molecule has 0 radical (unpaired) electrons. The average molecular weight is 327 g/mol. The molecular formula is C16H23ClN2O3. The summed E-state index contributed by atoms with van der Waals surface area (Å²) in [4.78, 5) is 14.5. The molecule has 0 spiro atoms. The lowest BCUT2D eigenvalue weighted by Crippen LogP contribution is -2.48. The van der Waals surface area contributed by atoms with Gasteiger partial charge in [-0.25, -0.2) is 0 Å². The quantitative estimate of drug-likeness (QED) is 0.901. The fourth-order valence-corrected chi connectivity index (χ4v) is 2.94. The number of carbonyl (C=O) groups is 1. The van der Waals surface area contributed by atoms with Gasteiger partial charge in [0, 0.05) is 13.1 Å². The van der Waals surface area contributed by atoms with Gasteiger partial charge >= 0.3 is 0 Å². The fraction of sp³-hybridized carbons (Fsp3) is 0.562. The standard InChI is InChI=1S/C16H22N2O3.ClH/c1-18(12-5-4-9-17-10-8-12)16(19)15-11-20-13-6-2-3-7-14(13)21-15;/h2-3,6-7,12,15,17H,4-5,8-11H2,1H3;1H. The molecule has 1 amide bonds. The molecule has 5 nitrogen and oxygen atoms in total. The van der Waals surface area contributed by atoms with E-state index in [1.807, 2.05) is 36.2 Å². The number of halogens is 1. The van der Waals surface area contributed by atoms with E-state index in [1.165, 1.54) is 0 Å². The van der Waals surface area contributed by atoms with Gasteiger partial charge in [0.15, 0.2) is 11.5 Å². The highest BCUT2D eigenvalue weighted by Crippen LogP contribution is 2.31. The molecule has 122 valence electrons. The first-order valence-electron chi connectivity index (χ1n) is 7.61. The van der Waals surface area contributed by atoms with Crippen molar-refractivity contribution in [2.24, 2.45) is 0 Å². The summed E-state index contributed by atoms with van der Waals surface area (Å²) in [6.45, 7) is 2.28. The molecule has 0 bridgehead atoms. The van der Waals surface area contributed by atoms with Crippen molar-refractivity contribution < 1.29 is 14.3 Å². The van der Waals surface area contributed by atoms with Crippen LogP contribution in [0.2, 0.25) is 0 Å². The second-order valence-electron chi connectivity index (χ2n) is 5.65. The smallest absolute Gasteiger partial charge is 0.267 e. The minimum absolute atomic E-state index is 0. The van der Waals surface area contributed by atoms with Crippen LogP contribution >= 0.6 is 12.4 Å². The van der Waals surface area contributed by atoms with Gasteiger partial charge in [-0.2, -0.15) is 0 Å². The average Bonchev–Trinajstić information content (AvgIpc) is 2.82. The van der Waals surface area contributed by atoms with Crippen LogP contribution in [0.4, 0.5) is 0 Å². The highest BCUT2D eigenvalue weighted by Gasteiger charge is 2.32. The third kappa shape index (κ3) is 3.65. The minimum Gasteiger partial charge on any atom is -0.485 e.